The molecule has 4 aromatic rings. The molecule has 1 aromatic heterocycles. The third-order valence-corrected chi connectivity index (χ3v) is 8.32. The Morgan fingerprint density at radius 3 is 2.44 bits per heavy atom. The Hall–Kier alpha value is -4.27. The molecule has 0 saturated carbocycles. The zero-order chi connectivity index (χ0) is 25.9. The first-order valence-electron chi connectivity index (χ1n) is 10.7. The molecule has 1 amide bonds. The van der Waals surface area contributed by atoms with Crippen LogP contribution in [0.15, 0.2) is 82.7 Å². The second-order valence-electron chi connectivity index (χ2n) is 7.53. The maximum atomic E-state index is 13.2. The van der Waals surface area contributed by atoms with Crippen molar-refractivity contribution in [3.8, 4) is 12.3 Å². The maximum Gasteiger partial charge on any atom is 0.279 e. The molecule has 0 radical (unpaired) electrons. The third-order valence-electron chi connectivity index (χ3n) is 5.34. The summed E-state index contributed by atoms with van der Waals surface area (Å²) >= 11 is 1.17. The van der Waals surface area contributed by atoms with E-state index < -0.39 is 20.9 Å². The number of anilines is 1. The average Bonchev–Trinajstić information content (AvgIpc) is 3.21. The number of non-ortho nitro benzene ring substituents is 1. The summed E-state index contributed by atoms with van der Waals surface area (Å²) in [6.45, 7) is 2.05. The zero-order valence-corrected chi connectivity index (χ0v) is 20.7. The van der Waals surface area contributed by atoms with Crippen molar-refractivity contribution in [2.45, 2.75) is 18.4 Å². The van der Waals surface area contributed by atoms with E-state index in [2.05, 4.69) is 10.9 Å². The smallest absolute Gasteiger partial charge is 0.279 e. The van der Waals surface area contributed by atoms with E-state index >= 15 is 0 Å². The molecule has 0 saturated heterocycles. The first-order valence-corrected chi connectivity index (χ1v) is 13.0. The van der Waals surface area contributed by atoms with Crippen molar-refractivity contribution >= 4 is 48.9 Å². The molecular weight excluding hydrogens is 500 g/mol. The van der Waals surface area contributed by atoms with Crippen molar-refractivity contribution in [3.05, 3.63) is 93.3 Å². The topological polar surface area (TPSA) is 115 Å². The van der Waals surface area contributed by atoms with Gasteiger partial charge in [-0.25, -0.2) is 8.42 Å². The number of carbonyl (C=O) groups is 1. The number of para-hydroxylation sites is 1. The molecule has 36 heavy (non-hydrogen) atoms. The minimum Gasteiger partial charge on any atom is -0.304 e. The third kappa shape index (κ3) is 4.77. The number of nitro groups is 1. The maximum absolute atomic E-state index is 13.2. The van der Waals surface area contributed by atoms with Gasteiger partial charge >= 0.3 is 0 Å². The molecule has 182 valence electrons. The Balaban J connectivity index is 1.69. The number of rotatable bonds is 7. The van der Waals surface area contributed by atoms with Gasteiger partial charge in [-0.2, -0.15) is 4.99 Å². The van der Waals surface area contributed by atoms with Gasteiger partial charge in [0.15, 0.2) is 4.80 Å². The first kappa shape index (κ1) is 24.8. The van der Waals surface area contributed by atoms with E-state index in [9.17, 15) is 23.3 Å². The minimum absolute atomic E-state index is 0.0429. The normalized spacial score (nSPS) is 11.8. The number of fused-ring (bicyclic) bond motifs is 1. The fourth-order valence-corrected chi connectivity index (χ4v) is 6.12. The molecule has 0 N–H and O–H groups in total. The minimum atomic E-state index is -3.84. The van der Waals surface area contributed by atoms with Crippen LogP contribution in [-0.4, -0.2) is 30.4 Å². The number of thiazole rings is 1. The van der Waals surface area contributed by atoms with Crippen molar-refractivity contribution in [2.75, 3.05) is 10.8 Å². The van der Waals surface area contributed by atoms with Gasteiger partial charge in [0.1, 0.15) is 0 Å². The number of hydrogen-bond acceptors (Lipinski definition) is 6. The molecular formula is C25H20N4O5S2. The van der Waals surface area contributed by atoms with Crippen LogP contribution in [0.3, 0.4) is 0 Å². The molecule has 3 aromatic carbocycles. The summed E-state index contributed by atoms with van der Waals surface area (Å²) in [4.78, 5) is 28.0. The van der Waals surface area contributed by atoms with E-state index in [1.54, 1.807) is 47.9 Å². The Kier molecular flexibility index (Phi) is 7.00. The fraction of sp³-hybridized carbons (Fsp3) is 0.120. The number of hydrogen-bond donors (Lipinski definition) is 0. The van der Waals surface area contributed by atoms with Gasteiger partial charge in [-0.05, 0) is 49.4 Å². The van der Waals surface area contributed by atoms with Gasteiger partial charge < -0.3 is 4.57 Å². The van der Waals surface area contributed by atoms with Crippen LogP contribution in [0.1, 0.15) is 17.3 Å². The lowest BCUT2D eigenvalue weighted by atomic mass is 10.2. The lowest BCUT2D eigenvalue weighted by Crippen LogP contribution is -2.30. The molecule has 0 unspecified atom stereocenters. The number of terminal acetylenes is 1. The molecule has 0 bridgehead atoms. The van der Waals surface area contributed by atoms with Crippen LogP contribution in [0.2, 0.25) is 0 Å². The highest BCUT2D eigenvalue weighted by Crippen LogP contribution is 2.25. The summed E-state index contributed by atoms with van der Waals surface area (Å²) in [5.74, 6) is 1.88. The predicted octanol–water partition coefficient (Wildman–Crippen LogP) is 4.20. The summed E-state index contributed by atoms with van der Waals surface area (Å²) in [6.07, 6.45) is 5.47. The number of carbonyl (C=O) groups excluding carboxylic acids is 1. The Labute approximate surface area is 211 Å². The van der Waals surface area contributed by atoms with Crippen LogP contribution >= 0.6 is 11.3 Å². The van der Waals surface area contributed by atoms with Gasteiger partial charge in [-0.1, -0.05) is 35.5 Å². The average molecular weight is 521 g/mol. The summed E-state index contributed by atoms with van der Waals surface area (Å²) < 4.78 is 29.9. The van der Waals surface area contributed by atoms with E-state index in [4.69, 9.17) is 6.42 Å². The summed E-state index contributed by atoms with van der Waals surface area (Å²) in [5.41, 5.74) is 1.13. The first-order chi connectivity index (χ1) is 17.3. The summed E-state index contributed by atoms with van der Waals surface area (Å²) in [6, 6.07) is 18.6. The van der Waals surface area contributed by atoms with Crippen molar-refractivity contribution in [3.63, 3.8) is 0 Å². The number of sulfonamides is 1. The highest BCUT2D eigenvalue weighted by Gasteiger charge is 2.23. The van der Waals surface area contributed by atoms with E-state index in [-0.39, 0.29) is 34.0 Å². The second kappa shape index (κ2) is 10.2. The molecule has 0 aliphatic carbocycles. The summed E-state index contributed by atoms with van der Waals surface area (Å²) in [7, 11) is -3.84. The molecule has 0 fully saturated rings. The van der Waals surface area contributed by atoms with Gasteiger partial charge in [0, 0.05) is 24.2 Å². The molecule has 9 nitrogen and oxygen atoms in total. The fourth-order valence-electron chi connectivity index (χ4n) is 3.63. The summed E-state index contributed by atoms with van der Waals surface area (Å²) in [5, 5.41) is 11.2. The number of benzene rings is 3. The van der Waals surface area contributed by atoms with Crippen molar-refractivity contribution in [2.24, 2.45) is 4.99 Å². The number of nitro benzene ring substituents is 1. The van der Waals surface area contributed by atoms with Crippen molar-refractivity contribution in [1.29, 1.82) is 0 Å². The van der Waals surface area contributed by atoms with E-state index in [1.165, 1.54) is 52.0 Å². The largest absolute Gasteiger partial charge is 0.304 e. The highest BCUT2D eigenvalue weighted by atomic mass is 32.2. The van der Waals surface area contributed by atoms with Gasteiger partial charge in [0.2, 0.25) is 0 Å². The molecule has 4 rings (SSSR count). The van der Waals surface area contributed by atoms with Gasteiger partial charge in [0.25, 0.3) is 21.6 Å². The van der Waals surface area contributed by atoms with E-state index in [1.807, 2.05) is 0 Å². The molecule has 11 heteroatoms. The van der Waals surface area contributed by atoms with Crippen molar-refractivity contribution < 1.29 is 18.1 Å². The van der Waals surface area contributed by atoms with Gasteiger partial charge in [-0.3, -0.25) is 19.2 Å². The van der Waals surface area contributed by atoms with Gasteiger partial charge in [0.05, 0.1) is 32.3 Å². The monoisotopic (exact) mass is 520 g/mol. The second-order valence-corrected chi connectivity index (χ2v) is 10.4. The van der Waals surface area contributed by atoms with Crippen LogP contribution in [0, 0.1) is 22.5 Å². The number of amides is 1. The molecule has 0 aliphatic heterocycles. The molecule has 0 spiro atoms. The number of aromatic nitrogens is 1. The van der Waals surface area contributed by atoms with Gasteiger partial charge in [-0.15, -0.1) is 6.42 Å². The van der Waals surface area contributed by atoms with Crippen LogP contribution in [0.4, 0.5) is 11.4 Å². The number of nitrogens with zero attached hydrogens (tertiary/aromatic N) is 4. The van der Waals surface area contributed by atoms with Crippen LogP contribution in [0.25, 0.3) is 10.2 Å². The Bertz CT molecular complexity index is 1670. The SMILES string of the molecule is C#CCn1c(=NC(=O)c2ccc(S(=O)(=O)N(CC)c3ccccc3)cc2)sc2ccc([N+](=O)[O-])cc21. The predicted molar refractivity (Wildman–Crippen MR) is 138 cm³/mol. The molecule has 0 aliphatic rings. The molecule has 0 atom stereocenters. The Morgan fingerprint density at radius 1 is 1.14 bits per heavy atom. The Morgan fingerprint density at radius 2 is 1.83 bits per heavy atom. The van der Waals surface area contributed by atoms with E-state index in [0.717, 1.165) is 0 Å². The zero-order valence-electron chi connectivity index (χ0n) is 19.1. The lowest BCUT2D eigenvalue weighted by Gasteiger charge is -2.22. The van der Waals surface area contributed by atoms with Crippen LogP contribution in [-0.2, 0) is 16.6 Å². The lowest BCUT2D eigenvalue weighted by molar-refractivity contribution is -0.384. The highest BCUT2D eigenvalue weighted by molar-refractivity contribution is 7.92. The van der Waals surface area contributed by atoms with E-state index in [0.29, 0.717) is 15.9 Å². The standard InChI is InChI=1S/C25H20N4O5S2/c1-3-16-27-22-17-20(29(31)32)12-15-23(22)35-25(27)26-24(30)18-10-13-21(14-11-18)36(33,34)28(4-2)19-8-6-5-7-9-19/h1,5-15,17H,4,16H2,2H3. The van der Waals surface area contributed by atoms with Crippen molar-refractivity contribution in [1.82, 2.24) is 4.57 Å². The van der Waals surface area contributed by atoms with Crippen LogP contribution in [0.5, 0.6) is 0 Å². The van der Waals surface area contributed by atoms with Crippen LogP contribution < -0.4 is 9.11 Å². The quantitative estimate of drug-likeness (QED) is 0.206. The molecule has 1 heterocycles.